The fourth-order valence-corrected chi connectivity index (χ4v) is 2.41. The van der Waals surface area contributed by atoms with Crippen molar-refractivity contribution < 1.29 is 0 Å². The molecule has 0 spiro atoms. The molecule has 2 rings (SSSR count). The van der Waals surface area contributed by atoms with E-state index in [0.717, 1.165) is 21.7 Å². The Morgan fingerprint density at radius 3 is 2.00 bits per heavy atom. The summed E-state index contributed by atoms with van der Waals surface area (Å²) in [6, 6.07) is 8.47. The zero-order chi connectivity index (χ0) is 14.2. The van der Waals surface area contributed by atoms with Crippen LogP contribution in [-0.2, 0) is 5.41 Å². The molecule has 3 heteroatoms. The second-order valence-corrected chi connectivity index (χ2v) is 6.84. The molecule has 2 aromatic rings. The molecule has 0 saturated heterocycles. The summed E-state index contributed by atoms with van der Waals surface area (Å²) in [5.74, 6) is 0.857. The standard InChI is InChI=1S/C16H19BrN2/c1-10-6-11(2)8-12(7-10)13-9-14(17)19-15(18-13)16(3,4)5/h6-9H,1-5H3. The lowest BCUT2D eigenvalue weighted by molar-refractivity contribution is 0.544. The first-order valence-corrected chi connectivity index (χ1v) is 7.19. The average molecular weight is 319 g/mol. The summed E-state index contributed by atoms with van der Waals surface area (Å²) in [4.78, 5) is 9.20. The third-order valence-electron chi connectivity index (χ3n) is 2.88. The summed E-state index contributed by atoms with van der Waals surface area (Å²) in [5.41, 5.74) is 4.56. The molecule has 1 heterocycles. The van der Waals surface area contributed by atoms with Crippen LogP contribution in [0.2, 0.25) is 0 Å². The highest BCUT2D eigenvalue weighted by atomic mass is 79.9. The monoisotopic (exact) mass is 318 g/mol. The Morgan fingerprint density at radius 2 is 1.47 bits per heavy atom. The number of nitrogens with zero attached hydrogens (tertiary/aromatic N) is 2. The summed E-state index contributed by atoms with van der Waals surface area (Å²) in [7, 11) is 0. The maximum atomic E-state index is 4.72. The summed E-state index contributed by atoms with van der Waals surface area (Å²) in [6.45, 7) is 10.6. The molecule has 19 heavy (non-hydrogen) atoms. The van der Waals surface area contributed by atoms with E-state index in [0.29, 0.717) is 0 Å². The molecule has 100 valence electrons. The SMILES string of the molecule is Cc1cc(C)cc(-c2cc(Br)nc(C(C)(C)C)n2)c1. The molecule has 0 atom stereocenters. The Morgan fingerprint density at radius 1 is 0.895 bits per heavy atom. The molecule has 0 fully saturated rings. The van der Waals surface area contributed by atoms with Crippen LogP contribution in [0, 0.1) is 13.8 Å². The van der Waals surface area contributed by atoms with Gasteiger partial charge in [-0.3, -0.25) is 0 Å². The highest BCUT2D eigenvalue weighted by Crippen LogP contribution is 2.26. The minimum Gasteiger partial charge on any atom is -0.232 e. The lowest BCUT2D eigenvalue weighted by atomic mass is 9.95. The number of halogens is 1. The normalized spacial score (nSPS) is 11.7. The minimum atomic E-state index is -0.0581. The first kappa shape index (κ1) is 14.2. The van der Waals surface area contributed by atoms with E-state index in [1.54, 1.807) is 0 Å². The summed E-state index contributed by atoms with van der Waals surface area (Å²) >= 11 is 3.49. The van der Waals surface area contributed by atoms with Crippen LogP contribution in [0.25, 0.3) is 11.3 Å². The minimum absolute atomic E-state index is 0.0581. The smallest absolute Gasteiger partial charge is 0.135 e. The van der Waals surface area contributed by atoms with E-state index in [1.165, 1.54) is 11.1 Å². The summed E-state index contributed by atoms with van der Waals surface area (Å²) in [5, 5.41) is 0. The second kappa shape index (κ2) is 5.04. The summed E-state index contributed by atoms with van der Waals surface area (Å²) < 4.78 is 0.835. The highest BCUT2D eigenvalue weighted by molar-refractivity contribution is 9.10. The first-order valence-electron chi connectivity index (χ1n) is 6.39. The van der Waals surface area contributed by atoms with E-state index in [2.05, 4.69) is 73.7 Å². The van der Waals surface area contributed by atoms with Crippen LogP contribution >= 0.6 is 15.9 Å². The van der Waals surface area contributed by atoms with E-state index < -0.39 is 0 Å². The Kier molecular flexibility index (Phi) is 3.77. The first-order chi connectivity index (χ1) is 8.75. The van der Waals surface area contributed by atoms with Crippen molar-refractivity contribution >= 4 is 15.9 Å². The highest BCUT2D eigenvalue weighted by Gasteiger charge is 2.19. The fraction of sp³-hybridized carbons (Fsp3) is 0.375. The van der Waals surface area contributed by atoms with Crippen molar-refractivity contribution in [3.05, 3.63) is 45.8 Å². The van der Waals surface area contributed by atoms with Crippen LogP contribution in [0.3, 0.4) is 0 Å². The van der Waals surface area contributed by atoms with Gasteiger partial charge in [-0.15, -0.1) is 0 Å². The topological polar surface area (TPSA) is 25.8 Å². The van der Waals surface area contributed by atoms with E-state index in [9.17, 15) is 0 Å². The Labute approximate surface area is 123 Å². The Hall–Kier alpha value is -1.22. The molecule has 0 amide bonds. The Bertz CT molecular complexity index is 592. The van der Waals surface area contributed by atoms with Crippen LogP contribution in [-0.4, -0.2) is 9.97 Å². The van der Waals surface area contributed by atoms with Gasteiger partial charge in [-0.25, -0.2) is 9.97 Å². The number of hydrogen-bond donors (Lipinski definition) is 0. The van der Waals surface area contributed by atoms with Crippen molar-refractivity contribution in [3.8, 4) is 11.3 Å². The number of aromatic nitrogens is 2. The Balaban J connectivity index is 2.59. The predicted octanol–water partition coefficient (Wildman–Crippen LogP) is 4.82. The van der Waals surface area contributed by atoms with Gasteiger partial charge in [0.2, 0.25) is 0 Å². The van der Waals surface area contributed by atoms with Gasteiger partial charge < -0.3 is 0 Å². The third kappa shape index (κ3) is 3.41. The number of hydrogen-bond acceptors (Lipinski definition) is 2. The van der Waals surface area contributed by atoms with Crippen LogP contribution in [0.15, 0.2) is 28.9 Å². The number of aryl methyl sites for hydroxylation is 2. The van der Waals surface area contributed by atoms with Crippen LogP contribution in [0.4, 0.5) is 0 Å². The van der Waals surface area contributed by atoms with Gasteiger partial charge in [-0.1, -0.05) is 38.0 Å². The van der Waals surface area contributed by atoms with E-state index >= 15 is 0 Å². The molecule has 0 bridgehead atoms. The van der Waals surface area contributed by atoms with Gasteiger partial charge in [0.15, 0.2) is 0 Å². The van der Waals surface area contributed by atoms with Crippen molar-refractivity contribution in [3.63, 3.8) is 0 Å². The molecule has 0 aliphatic carbocycles. The lowest BCUT2D eigenvalue weighted by Crippen LogP contribution is -2.16. The quantitative estimate of drug-likeness (QED) is 0.704. The van der Waals surface area contributed by atoms with Crippen molar-refractivity contribution in [1.29, 1.82) is 0 Å². The molecule has 2 nitrogen and oxygen atoms in total. The van der Waals surface area contributed by atoms with Gasteiger partial charge in [0.1, 0.15) is 10.4 Å². The molecule has 0 aliphatic heterocycles. The van der Waals surface area contributed by atoms with E-state index in [4.69, 9.17) is 4.98 Å². The van der Waals surface area contributed by atoms with Crippen LogP contribution < -0.4 is 0 Å². The molecule has 1 aromatic heterocycles. The van der Waals surface area contributed by atoms with Gasteiger partial charge in [-0.2, -0.15) is 0 Å². The lowest BCUT2D eigenvalue weighted by Gasteiger charge is -2.17. The second-order valence-electron chi connectivity index (χ2n) is 6.03. The van der Waals surface area contributed by atoms with Crippen molar-refractivity contribution in [1.82, 2.24) is 9.97 Å². The zero-order valence-electron chi connectivity index (χ0n) is 12.1. The maximum absolute atomic E-state index is 4.72. The van der Waals surface area contributed by atoms with Crippen LogP contribution in [0.1, 0.15) is 37.7 Å². The van der Waals surface area contributed by atoms with Crippen molar-refractivity contribution in [2.45, 2.75) is 40.0 Å². The predicted molar refractivity (Wildman–Crippen MR) is 83.3 cm³/mol. The molecule has 0 N–H and O–H groups in total. The molecular formula is C16H19BrN2. The van der Waals surface area contributed by atoms with Crippen molar-refractivity contribution in [2.75, 3.05) is 0 Å². The van der Waals surface area contributed by atoms with E-state index in [-0.39, 0.29) is 5.41 Å². The maximum Gasteiger partial charge on any atom is 0.135 e. The number of benzene rings is 1. The van der Waals surface area contributed by atoms with Gasteiger partial charge in [0, 0.05) is 11.0 Å². The molecular weight excluding hydrogens is 300 g/mol. The third-order valence-corrected chi connectivity index (χ3v) is 3.29. The van der Waals surface area contributed by atoms with Crippen molar-refractivity contribution in [2.24, 2.45) is 0 Å². The van der Waals surface area contributed by atoms with Gasteiger partial charge in [0.25, 0.3) is 0 Å². The molecule has 0 unspecified atom stereocenters. The van der Waals surface area contributed by atoms with Gasteiger partial charge in [0.05, 0.1) is 5.69 Å². The molecule has 1 aromatic carbocycles. The average Bonchev–Trinajstić information content (AvgIpc) is 2.25. The molecule has 0 aliphatic rings. The largest absolute Gasteiger partial charge is 0.232 e. The number of rotatable bonds is 1. The van der Waals surface area contributed by atoms with Gasteiger partial charge in [-0.05, 0) is 48.0 Å². The van der Waals surface area contributed by atoms with Crippen LogP contribution in [0.5, 0.6) is 0 Å². The molecule has 0 radical (unpaired) electrons. The fourth-order valence-electron chi connectivity index (χ4n) is 2.02. The van der Waals surface area contributed by atoms with Gasteiger partial charge >= 0.3 is 0 Å². The molecule has 0 saturated carbocycles. The summed E-state index contributed by atoms with van der Waals surface area (Å²) in [6.07, 6.45) is 0. The zero-order valence-corrected chi connectivity index (χ0v) is 13.7. The van der Waals surface area contributed by atoms with E-state index in [1.807, 2.05) is 6.07 Å².